The highest BCUT2D eigenvalue weighted by molar-refractivity contribution is 9.09. The van der Waals surface area contributed by atoms with Crippen molar-refractivity contribution in [3.63, 3.8) is 0 Å². The van der Waals surface area contributed by atoms with Gasteiger partial charge in [0.15, 0.2) is 5.65 Å². The molecule has 0 aromatic carbocycles. The number of imidazole rings is 1. The molecule has 1 N–H and O–H groups in total. The SMILES string of the molecule is BrCCC=Cc1ncnc2nc[nH]c12. The van der Waals surface area contributed by atoms with E-state index in [0.29, 0.717) is 5.65 Å². The summed E-state index contributed by atoms with van der Waals surface area (Å²) in [6.45, 7) is 0. The number of fused-ring (bicyclic) bond motifs is 1. The summed E-state index contributed by atoms with van der Waals surface area (Å²) in [6, 6.07) is 0. The Morgan fingerprint density at radius 2 is 2.29 bits per heavy atom. The molecule has 2 rings (SSSR count). The highest BCUT2D eigenvalue weighted by Gasteiger charge is 2.01. The van der Waals surface area contributed by atoms with Gasteiger partial charge in [0.05, 0.1) is 12.0 Å². The number of aromatic nitrogens is 4. The first-order valence-electron chi connectivity index (χ1n) is 4.28. The minimum Gasteiger partial charge on any atom is -0.341 e. The molecule has 0 amide bonds. The number of nitrogens with one attached hydrogen (secondary N) is 1. The summed E-state index contributed by atoms with van der Waals surface area (Å²) in [5.41, 5.74) is 2.48. The third kappa shape index (κ3) is 1.82. The summed E-state index contributed by atoms with van der Waals surface area (Å²) >= 11 is 3.36. The van der Waals surface area contributed by atoms with E-state index in [9.17, 15) is 0 Å². The molecule has 5 heteroatoms. The highest BCUT2D eigenvalue weighted by Crippen LogP contribution is 2.10. The Bertz CT molecular complexity index is 449. The lowest BCUT2D eigenvalue weighted by molar-refractivity contribution is 1.18. The molecule has 0 saturated carbocycles. The fourth-order valence-corrected chi connectivity index (χ4v) is 1.43. The monoisotopic (exact) mass is 252 g/mol. The summed E-state index contributed by atoms with van der Waals surface area (Å²) < 4.78 is 0. The Morgan fingerprint density at radius 3 is 3.14 bits per heavy atom. The van der Waals surface area contributed by atoms with Gasteiger partial charge in [-0.25, -0.2) is 15.0 Å². The zero-order valence-corrected chi connectivity index (χ0v) is 9.03. The van der Waals surface area contributed by atoms with Crippen molar-refractivity contribution < 1.29 is 0 Å². The Hall–Kier alpha value is -1.23. The molecule has 0 aliphatic carbocycles. The minimum atomic E-state index is 0.707. The summed E-state index contributed by atoms with van der Waals surface area (Å²) in [5.74, 6) is 0. The van der Waals surface area contributed by atoms with Crippen LogP contribution in [0.2, 0.25) is 0 Å². The number of H-pyrrole nitrogens is 1. The van der Waals surface area contributed by atoms with Crippen molar-refractivity contribution in [2.75, 3.05) is 5.33 Å². The fourth-order valence-electron chi connectivity index (χ4n) is 1.17. The standard InChI is InChI=1S/C9H9BrN4/c10-4-2-1-3-7-8-9(13-5-11-7)14-6-12-8/h1,3,5-6H,2,4H2,(H,11,12,13,14). The van der Waals surface area contributed by atoms with E-state index in [-0.39, 0.29) is 0 Å². The quantitative estimate of drug-likeness (QED) is 0.852. The van der Waals surface area contributed by atoms with Crippen molar-refractivity contribution >= 4 is 33.2 Å². The van der Waals surface area contributed by atoms with E-state index in [4.69, 9.17) is 0 Å². The summed E-state index contributed by atoms with van der Waals surface area (Å²) in [7, 11) is 0. The molecule has 0 fully saturated rings. The Labute approximate surface area is 89.6 Å². The van der Waals surface area contributed by atoms with Crippen LogP contribution in [0.3, 0.4) is 0 Å². The van der Waals surface area contributed by atoms with E-state index in [2.05, 4.69) is 41.9 Å². The Morgan fingerprint density at radius 1 is 1.36 bits per heavy atom. The second kappa shape index (κ2) is 4.32. The lowest BCUT2D eigenvalue weighted by Gasteiger charge is -1.92. The topological polar surface area (TPSA) is 54.5 Å². The second-order valence-electron chi connectivity index (χ2n) is 2.74. The average molecular weight is 253 g/mol. The van der Waals surface area contributed by atoms with Gasteiger partial charge in [0.25, 0.3) is 0 Å². The predicted molar refractivity (Wildman–Crippen MR) is 59.1 cm³/mol. The van der Waals surface area contributed by atoms with Crippen LogP contribution in [0.5, 0.6) is 0 Å². The van der Waals surface area contributed by atoms with Crippen molar-refractivity contribution in [2.24, 2.45) is 0 Å². The first-order valence-corrected chi connectivity index (χ1v) is 5.40. The smallest absolute Gasteiger partial charge is 0.181 e. The summed E-state index contributed by atoms with van der Waals surface area (Å²) in [4.78, 5) is 15.3. The van der Waals surface area contributed by atoms with Crippen LogP contribution < -0.4 is 0 Å². The van der Waals surface area contributed by atoms with Crippen molar-refractivity contribution in [1.82, 2.24) is 19.9 Å². The molecule has 0 spiro atoms. The summed E-state index contributed by atoms with van der Waals surface area (Å²) in [6.07, 6.45) is 8.18. The predicted octanol–water partition coefficient (Wildman–Crippen LogP) is 2.15. The fraction of sp³-hybridized carbons (Fsp3) is 0.222. The van der Waals surface area contributed by atoms with Gasteiger partial charge in [-0.2, -0.15) is 0 Å². The molecule has 0 saturated heterocycles. The van der Waals surface area contributed by atoms with Gasteiger partial charge in [-0.05, 0) is 12.5 Å². The van der Waals surface area contributed by atoms with Crippen LogP contribution in [0, 0.1) is 0 Å². The third-order valence-corrected chi connectivity index (χ3v) is 2.26. The van der Waals surface area contributed by atoms with Crippen LogP contribution in [0.4, 0.5) is 0 Å². The minimum absolute atomic E-state index is 0.707. The van der Waals surface area contributed by atoms with Crippen LogP contribution in [0.15, 0.2) is 18.7 Å². The second-order valence-corrected chi connectivity index (χ2v) is 3.53. The van der Waals surface area contributed by atoms with Gasteiger partial charge in [0.2, 0.25) is 0 Å². The number of hydrogen-bond donors (Lipinski definition) is 1. The molecule has 0 atom stereocenters. The molecule has 72 valence electrons. The van der Waals surface area contributed by atoms with Crippen LogP contribution >= 0.6 is 15.9 Å². The van der Waals surface area contributed by atoms with Crippen LogP contribution in [0.25, 0.3) is 17.2 Å². The molecular formula is C9H9BrN4. The van der Waals surface area contributed by atoms with Crippen LogP contribution in [0.1, 0.15) is 12.1 Å². The van der Waals surface area contributed by atoms with Gasteiger partial charge in [-0.15, -0.1) is 0 Å². The van der Waals surface area contributed by atoms with E-state index in [1.165, 1.54) is 6.33 Å². The van der Waals surface area contributed by atoms with Gasteiger partial charge < -0.3 is 4.98 Å². The molecule has 0 radical (unpaired) electrons. The largest absolute Gasteiger partial charge is 0.341 e. The molecule has 2 aromatic heterocycles. The zero-order valence-electron chi connectivity index (χ0n) is 7.44. The highest BCUT2D eigenvalue weighted by atomic mass is 79.9. The van der Waals surface area contributed by atoms with Gasteiger partial charge in [0.1, 0.15) is 11.8 Å². The van der Waals surface area contributed by atoms with Crippen molar-refractivity contribution in [1.29, 1.82) is 0 Å². The van der Waals surface area contributed by atoms with Crippen molar-refractivity contribution in [3.8, 4) is 0 Å². The molecule has 2 aromatic rings. The Balaban J connectivity index is 2.36. The van der Waals surface area contributed by atoms with Gasteiger partial charge in [0, 0.05) is 5.33 Å². The molecule has 2 heterocycles. The summed E-state index contributed by atoms with van der Waals surface area (Å²) in [5, 5.41) is 0.959. The number of aromatic amines is 1. The number of alkyl halides is 1. The van der Waals surface area contributed by atoms with E-state index < -0.39 is 0 Å². The third-order valence-electron chi connectivity index (χ3n) is 1.80. The average Bonchev–Trinajstić information content (AvgIpc) is 2.67. The number of rotatable bonds is 3. The first-order chi connectivity index (χ1) is 6.92. The van der Waals surface area contributed by atoms with E-state index in [1.54, 1.807) is 6.33 Å². The molecule has 14 heavy (non-hydrogen) atoms. The van der Waals surface area contributed by atoms with Gasteiger partial charge in [-0.3, -0.25) is 0 Å². The van der Waals surface area contributed by atoms with Crippen molar-refractivity contribution in [2.45, 2.75) is 6.42 Å². The molecule has 0 unspecified atom stereocenters. The lowest BCUT2D eigenvalue weighted by atomic mass is 10.3. The van der Waals surface area contributed by atoms with E-state index in [1.807, 2.05) is 6.08 Å². The zero-order chi connectivity index (χ0) is 9.80. The Kier molecular flexibility index (Phi) is 2.88. The number of halogens is 1. The molecule has 0 aliphatic heterocycles. The number of allylic oxidation sites excluding steroid dienone is 1. The van der Waals surface area contributed by atoms with Gasteiger partial charge >= 0.3 is 0 Å². The van der Waals surface area contributed by atoms with Crippen LogP contribution in [-0.4, -0.2) is 25.3 Å². The molecule has 4 nitrogen and oxygen atoms in total. The maximum absolute atomic E-state index is 4.17. The molecular weight excluding hydrogens is 244 g/mol. The van der Waals surface area contributed by atoms with Crippen molar-refractivity contribution in [3.05, 3.63) is 24.4 Å². The van der Waals surface area contributed by atoms with Gasteiger partial charge in [-0.1, -0.05) is 22.0 Å². The number of nitrogens with zero attached hydrogens (tertiary/aromatic N) is 3. The lowest BCUT2D eigenvalue weighted by Crippen LogP contribution is -1.86. The molecule has 0 bridgehead atoms. The maximum atomic E-state index is 4.17. The van der Waals surface area contributed by atoms with E-state index >= 15 is 0 Å². The maximum Gasteiger partial charge on any atom is 0.181 e. The first kappa shape index (κ1) is 9.33. The molecule has 0 aliphatic rings. The van der Waals surface area contributed by atoms with E-state index in [0.717, 1.165) is 23.0 Å². The van der Waals surface area contributed by atoms with Crippen LogP contribution in [-0.2, 0) is 0 Å². The number of hydrogen-bond acceptors (Lipinski definition) is 3. The normalized spacial score (nSPS) is 11.5.